The number of hydrogen-bond donors (Lipinski definition) is 2. The van der Waals surface area contributed by atoms with Crippen LogP contribution in [0.5, 0.6) is 0 Å². The number of rotatable bonds is 4. The minimum Gasteiger partial charge on any atom is -0.478 e. The van der Waals surface area contributed by atoms with Crippen molar-refractivity contribution in [3.05, 3.63) is 63.5 Å². The van der Waals surface area contributed by atoms with E-state index in [1.54, 1.807) is 24.3 Å². The lowest BCUT2D eigenvalue weighted by molar-refractivity contribution is -0.116. The van der Waals surface area contributed by atoms with E-state index in [0.717, 1.165) is 16.8 Å². The topological polar surface area (TPSA) is 88.4 Å². The van der Waals surface area contributed by atoms with Gasteiger partial charge in [0.1, 0.15) is 6.54 Å². The van der Waals surface area contributed by atoms with E-state index in [4.69, 9.17) is 16.7 Å². The number of anilines is 1. The van der Waals surface area contributed by atoms with Crippen LogP contribution in [0, 0.1) is 0 Å². The third kappa shape index (κ3) is 3.93. The van der Waals surface area contributed by atoms with Crippen molar-refractivity contribution in [2.24, 2.45) is 0 Å². The summed E-state index contributed by atoms with van der Waals surface area (Å²) in [5.74, 6) is -1.62. The number of carboxylic acids is 1. The molecule has 0 aliphatic rings. The molecule has 0 radical (unpaired) electrons. The second-order valence-corrected chi connectivity index (χ2v) is 4.68. The monoisotopic (exact) mass is 306 g/mol. The van der Waals surface area contributed by atoms with Crippen LogP contribution in [-0.4, -0.2) is 21.6 Å². The number of halogens is 1. The second kappa shape index (κ2) is 6.23. The maximum atomic E-state index is 11.9. The summed E-state index contributed by atoms with van der Waals surface area (Å²) >= 11 is 5.80. The zero-order chi connectivity index (χ0) is 15.4. The van der Waals surface area contributed by atoms with Gasteiger partial charge in [0.2, 0.25) is 5.91 Å². The molecule has 21 heavy (non-hydrogen) atoms. The fourth-order valence-electron chi connectivity index (χ4n) is 1.70. The largest absolute Gasteiger partial charge is 0.478 e. The number of carboxylic acid groups (broad SMARTS) is 1. The van der Waals surface area contributed by atoms with Crippen LogP contribution in [-0.2, 0) is 11.3 Å². The molecule has 0 unspecified atom stereocenters. The number of aromatic carboxylic acids is 1. The Balaban J connectivity index is 2.14. The maximum absolute atomic E-state index is 11.9. The van der Waals surface area contributed by atoms with Crippen molar-refractivity contribution in [3.8, 4) is 0 Å². The molecule has 1 heterocycles. The summed E-state index contributed by atoms with van der Waals surface area (Å²) in [7, 11) is 0. The number of nitrogens with zero attached hydrogens (tertiary/aromatic N) is 1. The first-order chi connectivity index (χ1) is 9.95. The van der Waals surface area contributed by atoms with Crippen LogP contribution < -0.4 is 10.9 Å². The van der Waals surface area contributed by atoms with Gasteiger partial charge in [-0.05, 0) is 24.3 Å². The second-order valence-electron chi connectivity index (χ2n) is 4.25. The summed E-state index contributed by atoms with van der Waals surface area (Å²) in [6.45, 7) is -0.285. The van der Waals surface area contributed by atoms with Gasteiger partial charge in [-0.3, -0.25) is 9.59 Å². The molecule has 0 fully saturated rings. The van der Waals surface area contributed by atoms with E-state index in [1.807, 2.05) is 0 Å². The normalized spacial score (nSPS) is 10.1. The molecule has 7 heteroatoms. The predicted octanol–water partition coefficient (Wildman–Crippen LogP) is 1.84. The highest BCUT2D eigenvalue weighted by Gasteiger charge is 2.09. The first-order valence-corrected chi connectivity index (χ1v) is 6.33. The van der Waals surface area contributed by atoms with Crippen LogP contribution in [0.15, 0.2) is 47.4 Å². The molecule has 0 spiro atoms. The van der Waals surface area contributed by atoms with Gasteiger partial charge in [0, 0.05) is 23.0 Å². The highest BCUT2D eigenvalue weighted by atomic mass is 35.5. The lowest BCUT2D eigenvalue weighted by Crippen LogP contribution is -2.27. The fourth-order valence-corrected chi connectivity index (χ4v) is 1.89. The maximum Gasteiger partial charge on any atom is 0.337 e. The van der Waals surface area contributed by atoms with Gasteiger partial charge < -0.3 is 15.0 Å². The van der Waals surface area contributed by atoms with Crippen molar-refractivity contribution >= 4 is 29.2 Å². The van der Waals surface area contributed by atoms with Gasteiger partial charge >= 0.3 is 5.97 Å². The van der Waals surface area contributed by atoms with Crippen LogP contribution in [0.25, 0.3) is 0 Å². The van der Waals surface area contributed by atoms with Crippen LogP contribution in [0.1, 0.15) is 10.4 Å². The average Bonchev–Trinajstić information content (AvgIpc) is 2.41. The van der Waals surface area contributed by atoms with Crippen LogP contribution >= 0.6 is 11.6 Å². The van der Waals surface area contributed by atoms with E-state index in [9.17, 15) is 14.4 Å². The van der Waals surface area contributed by atoms with Gasteiger partial charge in [0.25, 0.3) is 5.56 Å². The number of nitrogens with one attached hydrogen (secondary N) is 1. The first kappa shape index (κ1) is 14.8. The van der Waals surface area contributed by atoms with Gasteiger partial charge in [0.15, 0.2) is 0 Å². The van der Waals surface area contributed by atoms with Crippen LogP contribution in [0.3, 0.4) is 0 Å². The smallest absolute Gasteiger partial charge is 0.337 e. The molecule has 0 aliphatic carbocycles. The highest BCUT2D eigenvalue weighted by molar-refractivity contribution is 6.30. The number of benzene rings is 1. The third-order valence-corrected chi connectivity index (χ3v) is 2.89. The van der Waals surface area contributed by atoms with E-state index in [-0.39, 0.29) is 12.1 Å². The molecule has 1 aromatic carbocycles. The summed E-state index contributed by atoms with van der Waals surface area (Å²) in [6.07, 6.45) is 1.13. The van der Waals surface area contributed by atoms with E-state index < -0.39 is 17.4 Å². The minimum atomic E-state index is -1.17. The Morgan fingerprint density at radius 2 is 2.00 bits per heavy atom. The molecule has 0 saturated carbocycles. The summed E-state index contributed by atoms with van der Waals surface area (Å²) in [4.78, 5) is 34.3. The SMILES string of the molecule is O=C(Cn1cc(C(=O)O)ccc1=O)Nc1cccc(Cl)c1. The summed E-state index contributed by atoms with van der Waals surface area (Å²) in [5.41, 5.74) is -0.0265. The predicted molar refractivity (Wildman–Crippen MR) is 77.7 cm³/mol. The molecule has 0 atom stereocenters. The number of hydrogen-bond acceptors (Lipinski definition) is 3. The number of carbonyl (C=O) groups is 2. The number of amides is 1. The summed E-state index contributed by atoms with van der Waals surface area (Å²) in [5, 5.41) is 11.9. The molecule has 6 nitrogen and oxygen atoms in total. The molecular formula is C14H11ClN2O4. The molecule has 0 bridgehead atoms. The van der Waals surface area contributed by atoms with Gasteiger partial charge in [-0.2, -0.15) is 0 Å². The Bertz CT molecular complexity index is 755. The van der Waals surface area contributed by atoms with E-state index in [1.165, 1.54) is 6.07 Å². The lowest BCUT2D eigenvalue weighted by Gasteiger charge is -2.08. The van der Waals surface area contributed by atoms with Gasteiger partial charge in [-0.1, -0.05) is 17.7 Å². The van der Waals surface area contributed by atoms with Crippen LogP contribution in [0.2, 0.25) is 5.02 Å². The molecule has 0 saturated heterocycles. The zero-order valence-corrected chi connectivity index (χ0v) is 11.5. The van der Waals surface area contributed by atoms with E-state index >= 15 is 0 Å². The molecule has 2 rings (SSSR count). The minimum absolute atomic E-state index is 0.0647. The Hall–Kier alpha value is -2.60. The Morgan fingerprint density at radius 1 is 1.24 bits per heavy atom. The number of carbonyl (C=O) groups excluding carboxylic acids is 1. The molecule has 1 amide bonds. The highest BCUT2D eigenvalue weighted by Crippen LogP contribution is 2.14. The number of pyridine rings is 1. The lowest BCUT2D eigenvalue weighted by atomic mass is 10.3. The van der Waals surface area contributed by atoms with Gasteiger partial charge in [0.05, 0.1) is 5.56 Å². The van der Waals surface area contributed by atoms with E-state index in [0.29, 0.717) is 10.7 Å². The first-order valence-electron chi connectivity index (χ1n) is 5.95. The molecule has 1 aromatic heterocycles. The van der Waals surface area contributed by atoms with Crippen molar-refractivity contribution < 1.29 is 14.7 Å². The summed E-state index contributed by atoms with van der Waals surface area (Å²) < 4.78 is 1.03. The molecule has 2 aromatic rings. The summed E-state index contributed by atoms with van der Waals surface area (Å²) in [6, 6.07) is 8.86. The average molecular weight is 307 g/mol. The molecule has 108 valence electrons. The van der Waals surface area contributed by atoms with E-state index in [2.05, 4.69) is 5.32 Å². The molecular weight excluding hydrogens is 296 g/mol. The van der Waals surface area contributed by atoms with Crippen molar-refractivity contribution in [1.29, 1.82) is 0 Å². The fraction of sp³-hybridized carbons (Fsp3) is 0.0714. The van der Waals surface area contributed by atoms with Gasteiger partial charge in [-0.25, -0.2) is 4.79 Å². The van der Waals surface area contributed by atoms with Crippen molar-refractivity contribution in [2.45, 2.75) is 6.54 Å². The van der Waals surface area contributed by atoms with Crippen molar-refractivity contribution in [1.82, 2.24) is 4.57 Å². The quantitative estimate of drug-likeness (QED) is 0.902. The molecule has 2 N–H and O–H groups in total. The Labute approximate surface area is 124 Å². The van der Waals surface area contributed by atoms with Crippen molar-refractivity contribution in [2.75, 3.05) is 5.32 Å². The Morgan fingerprint density at radius 3 is 2.67 bits per heavy atom. The van der Waals surface area contributed by atoms with Crippen molar-refractivity contribution in [3.63, 3.8) is 0 Å². The standard InChI is InChI=1S/C14H11ClN2O4/c15-10-2-1-3-11(6-10)16-12(18)8-17-7-9(14(20)21)4-5-13(17)19/h1-7H,8H2,(H,16,18)(H,20,21). The number of aromatic nitrogens is 1. The Kier molecular flexibility index (Phi) is 4.39. The molecule has 0 aliphatic heterocycles. The third-order valence-electron chi connectivity index (χ3n) is 2.65. The van der Waals surface area contributed by atoms with Crippen LogP contribution in [0.4, 0.5) is 5.69 Å². The zero-order valence-electron chi connectivity index (χ0n) is 10.7. The van der Waals surface area contributed by atoms with Gasteiger partial charge in [-0.15, -0.1) is 0 Å².